The third-order valence-corrected chi connectivity index (χ3v) is 10.2. The fourth-order valence-corrected chi connectivity index (χ4v) is 8.68. The molecule has 1 fully saturated rings. The number of hydrogen-bond acceptors (Lipinski definition) is 6. The number of fused-ring (bicyclic) bond motifs is 5. The van der Waals surface area contributed by atoms with E-state index in [0.29, 0.717) is 29.4 Å². The van der Waals surface area contributed by atoms with E-state index >= 15 is 0 Å². The molecule has 3 aliphatic heterocycles. The second-order valence-corrected chi connectivity index (χ2v) is 12.5. The van der Waals surface area contributed by atoms with Gasteiger partial charge in [0.1, 0.15) is 0 Å². The predicted molar refractivity (Wildman–Crippen MR) is 128 cm³/mol. The third-order valence-electron chi connectivity index (χ3n) is 6.84. The Morgan fingerprint density at radius 3 is 3.06 bits per heavy atom. The second kappa shape index (κ2) is 9.30. The van der Waals surface area contributed by atoms with Crippen LogP contribution in [0.2, 0.25) is 0 Å². The van der Waals surface area contributed by atoms with E-state index in [1.54, 1.807) is 18.3 Å². The molecular weight excluding hydrogens is 562 g/mol. The van der Waals surface area contributed by atoms with Crippen molar-refractivity contribution in [3.8, 4) is 17.0 Å². The van der Waals surface area contributed by atoms with Crippen LogP contribution < -0.4 is 42.2 Å². The number of aromatic nitrogens is 2. The topological polar surface area (TPSA) is 94.3 Å². The van der Waals surface area contributed by atoms with Gasteiger partial charge in [0, 0.05) is 0 Å². The Kier molecular flexibility index (Phi) is 6.01. The normalized spacial score (nSPS) is 23.4. The van der Waals surface area contributed by atoms with E-state index in [1.165, 1.54) is 26.0 Å². The molecule has 184 valence electrons. The fraction of sp³-hybridized carbons (Fsp3) is 0.360. The number of piperidine rings is 1. The number of carbonyl (C=O) groups is 1. The first kappa shape index (κ1) is 22.6. The quantitative estimate of drug-likeness (QED) is 0.206. The van der Waals surface area contributed by atoms with Crippen LogP contribution in [0.25, 0.3) is 11.3 Å². The van der Waals surface area contributed by atoms with Gasteiger partial charge in [0.05, 0.1) is 0 Å². The summed E-state index contributed by atoms with van der Waals surface area (Å²) in [7, 11) is 1.44. The van der Waals surface area contributed by atoms with Crippen LogP contribution >= 0.6 is 0 Å². The van der Waals surface area contributed by atoms with Crippen LogP contribution in [0.4, 0.5) is 21.5 Å². The zero-order valence-electron chi connectivity index (χ0n) is 19.3. The van der Waals surface area contributed by atoms with Crippen LogP contribution in [-0.4, -0.2) is 52.3 Å². The van der Waals surface area contributed by atoms with Gasteiger partial charge in [-0.1, -0.05) is 0 Å². The van der Waals surface area contributed by atoms with Crippen LogP contribution in [-0.2, 0) is 0 Å². The van der Waals surface area contributed by atoms with Crippen molar-refractivity contribution in [3.05, 3.63) is 53.7 Å². The van der Waals surface area contributed by atoms with Gasteiger partial charge in [0.25, 0.3) is 0 Å². The van der Waals surface area contributed by atoms with E-state index in [2.05, 4.69) is 29.0 Å². The van der Waals surface area contributed by atoms with Crippen LogP contribution in [0.15, 0.2) is 36.7 Å². The Balaban J connectivity index is 1.55. The number of nitrogens with zero attached hydrogens (tertiary/aromatic N) is 2. The first-order valence-electron chi connectivity index (χ1n) is 11.8. The molecule has 1 aromatic carbocycles. The number of para-hydroxylation sites is 1. The summed E-state index contributed by atoms with van der Waals surface area (Å²) in [6.45, 7) is 3.70. The summed E-state index contributed by atoms with van der Waals surface area (Å²) >= 11 is -0.349. The number of rotatable bonds is 3. The molecule has 10 heteroatoms. The number of amides is 1. The average Bonchev–Trinajstić information content (AvgIpc) is 3.25. The first-order valence-corrected chi connectivity index (χ1v) is 14.0. The molecule has 6 rings (SSSR count). The number of hydrogen-bond donors (Lipinski definition) is 4. The molecule has 8 nitrogen and oxygen atoms in total. The van der Waals surface area contributed by atoms with Gasteiger partial charge >= 0.3 is 214 Å². The molecule has 1 saturated heterocycles. The van der Waals surface area contributed by atoms with Crippen molar-refractivity contribution in [1.82, 2.24) is 18.4 Å². The van der Waals surface area contributed by atoms with Gasteiger partial charge in [-0.05, 0) is 0 Å². The molecule has 5 heterocycles. The Bertz CT molecular complexity index is 1280. The van der Waals surface area contributed by atoms with E-state index in [0.717, 1.165) is 42.3 Å². The predicted octanol–water partition coefficient (Wildman–Crippen LogP) is 0.894. The van der Waals surface area contributed by atoms with Crippen LogP contribution in [0, 0.1) is 11.7 Å². The number of ether oxygens (including phenoxy) is 1. The summed E-state index contributed by atoms with van der Waals surface area (Å²) in [5.41, 5.74) is 5.26. The molecule has 4 N–H and O–H groups in total. The molecule has 2 aromatic heterocycles. The van der Waals surface area contributed by atoms with Crippen molar-refractivity contribution in [2.45, 2.75) is 16.8 Å². The molecule has 3 unspecified atom stereocenters. The molecule has 0 saturated carbocycles. The summed E-state index contributed by atoms with van der Waals surface area (Å²) in [6.07, 6.45) is 6.00. The first-order chi connectivity index (χ1) is 17.1. The van der Waals surface area contributed by atoms with E-state index in [9.17, 15) is 9.18 Å². The van der Waals surface area contributed by atoms with Crippen LogP contribution in [0.1, 0.15) is 32.8 Å². The number of pyridine rings is 1. The minimum atomic E-state index is -0.464. The number of aromatic amines is 1. The summed E-state index contributed by atoms with van der Waals surface area (Å²) < 4.78 is 22.7. The SMILES string of the molecule is COc1c(F)cccc1Nc1c2[nH]c3c1C(=O)NCC3[I-]N1CCCC(CNc3cnccc3-2)C1. The zero-order chi connectivity index (χ0) is 23.9. The standard InChI is InChI=1S/C25H27FIN6O2/c1-35-24-16(26)5-2-6-18(24)31-23-20-22-17(11-30-25(20)34)27-33-9-3-4-14(13-33)10-29-19-12-28-8-7-15(19)21(23)32-22/h2,5-8,12,14,17,29,31-32H,3-4,9-11,13H2,1H3,(H,30,34)/q-1. The Morgan fingerprint density at radius 2 is 2.17 bits per heavy atom. The molecule has 1 amide bonds. The van der Waals surface area contributed by atoms with E-state index in [-0.39, 0.29) is 37.1 Å². The third kappa shape index (κ3) is 4.12. The monoisotopic (exact) mass is 589 g/mol. The van der Waals surface area contributed by atoms with Gasteiger partial charge in [-0.25, -0.2) is 0 Å². The Labute approximate surface area is 213 Å². The maximum atomic E-state index is 14.5. The van der Waals surface area contributed by atoms with Crippen molar-refractivity contribution in [2.75, 3.05) is 43.9 Å². The second-order valence-electron chi connectivity index (χ2n) is 9.06. The number of methoxy groups -OCH3 is 1. The van der Waals surface area contributed by atoms with Gasteiger partial charge in [0.2, 0.25) is 0 Å². The number of nitrogens with one attached hydrogen (secondary N) is 4. The Morgan fingerprint density at radius 1 is 1.26 bits per heavy atom. The van der Waals surface area contributed by atoms with Gasteiger partial charge in [-0.3, -0.25) is 0 Å². The van der Waals surface area contributed by atoms with E-state index in [1.807, 2.05) is 12.3 Å². The maximum absolute atomic E-state index is 14.5. The number of carbonyl (C=O) groups excluding carboxylic acids is 1. The molecule has 0 aliphatic carbocycles. The summed E-state index contributed by atoms with van der Waals surface area (Å²) in [5.74, 6) is 0.0975. The molecule has 3 atom stereocenters. The minimum absolute atomic E-state index is 0.111. The van der Waals surface area contributed by atoms with Crippen molar-refractivity contribution in [1.29, 1.82) is 0 Å². The van der Waals surface area contributed by atoms with Crippen LogP contribution in [0.5, 0.6) is 5.75 Å². The van der Waals surface area contributed by atoms with Crippen molar-refractivity contribution < 1.29 is 35.4 Å². The molecule has 0 radical (unpaired) electrons. The molecule has 4 bridgehead atoms. The molecule has 3 aromatic rings. The van der Waals surface area contributed by atoms with Gasteiger partial charge < -0.3 is 0 Å². The number of H-pyrrole nitrogens is 1. The van der Waals surface area contributed by atoms with Gasteiger partial charge in [-0.15, -0.1) is 0 Å². The number of halogens is 2. The number of alkyl halides is 1. The fourth-order valence-electron chi connectivity index (χ4n) is 5.17. The molecule has 0 spiro atoms. The van der Waals surface area contributed by atoms with Gasteiger partial charge in [0.15, 0.2) is 0 Å². The van der Waals surface area contributed by atoms with Crippen LogP contribution in [0.3, 0.4) is 0 Å². The van der Waals surface area contributed by atoms with E-state index in [4.69, 9.17) is 4.74 Å². The molecule has 35 heavy (non-hydrogen) atoms. The molecule has 3 aliphatic rings. The van der Waals surface area contributed by atoms with Gasteiger partial charge in [-0.2, -0.15) is 0 Å². The summed E-state index contributed by atoms with van der Waals surface area (Å²) in [6, 6.07) is 6.69. The van der Waals surface area contributed by atoms with Crippen molar-refractivity contribution in [2.24, 2.45) is 5.92 Å². The number of benzene rings is 1. The summed E-state index contributed by atoms with van der Waals surface area (Å²) in [5, 5.41) is 10.1. The van der Waals surface area contributed by atoms with E-state index < -0.39 is 5.82 Å². The number of anilines is 3. The summed E-state index contributed by atoms with van der Waals surface area (Å²) in [4.78, 5) is 21.2. The zero-order valence-corrected chi connectivity index (χ0v) is 21.5. The Hall–Kier alpha value is -2.86. The average molecular weight is 589 g/mol. The van der Waals surface area contributed by atoms with Crippen molar-refractivity contribution in [3.63, 3.8) is 0 Å². The van der Waals surface area contributed by atoms with Crippen molar-refractivity contribution >= 4 is 23.0 Å². The molecular formula is C25H27FIN6O2-.